The SMILES string of the molecule is O=C(Nc1ccc2scnc2c1)c1noc2ccccc12. The first-order valence-electron chi connectivity index (χ1n) is 6.30. The lowest BCUT2D eigenvalue weighted by molar-refractivity contribution is 0.102. The van der Waals surface area contributed by atoms with E-state index in [4.69, 9.17) is 4.52 Å². The van der Waals surface area contributed by atoms with Gasteiger partial charge in [-0.1, -0.05) is 17.3 Å². The van der Waals surface area contributed by atoms with E-state index in [-0.39, 0.29) is 11.6 Å². The second-order valence-electron chi connectivity index (χ2n) is 4.52. The van der Waals surface area contributed by atoms with E-state index in [0.29, 0.717) is 16.7 Å². The largest absolute Gasteiger partial charge is 0.355 e. The molecule has 0 aliphatic carbocycles. The van der Waals surface area contributed by atoms with E-state index in [9.17, 15) is 4.79 Å². The maximum absolute atomic E-state index is 12.3. The fourth-order valence-corrected chi connectivity index (χ4v) is 2.83. The first-order chi connectivity index (χ1) is 10.3. The zero-order chi connectivity index (χ0) is 14.2. The number of para-hydroxylation sites is 1. The Bertz CT molecular complexity index is 958. The van der Waals surface area contributed by atoms with Crippen LogP contribution in [0.2, 0.25) is 0 Å². The standard InChI is InChI=1S/C15H9N3O2S/c19-15(14-10-3-1-2-4-12(10)20-18-14)17-9-5-6-13-11(7-9)16-8-21-13/h1-8H,(H,17,19). The van der Waals surface area contributed by atoms with E-state index in [1.165, 1.54) is 0 Å². The number of nitrogens with one attached hydrogen (secondary N) is 1. The minimum absolute atomic E-state index is 0.281. The molecule has 0 unspecified atom stereocenters. The van der Waals surface area contributed by atoms with Gasteiger partial charge in [-0.25, -0.2) is 4.98 Å². The van der Waals surface area contributed by atoms with Crippen molar-refractivity contribution in [2.75, 3.05) is 5.32 Å². The van der Waals surface area contributed by atoms with E-state index in [1.807, 2.05) is 36.4 Å². The summed E-state index contributed by atoms with van der Waals surface area (Å²) in [6.07, 6.45) is 0. The maximum Gasteiger partial charge on any atom is 0.278 e. The molecule has 0 spiro atoms. The average molecular weight is 295 g/mol. The second-order valence-corrected chi connectivity index (χ2v) is 5.40. The summed E-state index contributed by atoms with van der Waals surface area (Å²) < 4.78 is 6.23. The molecule has 1 amide bonds. The molecule has 2 aromatic heterocycles. The molecule has 4 aromatic rings. The third-order valence-corrected chi connectivity index (χ3v) is 3.99. The molecule has 0 fully saturated rings. The molecule has 2 aromatic carbocycles. The van der Waals surface area contributed by atoms with Gasteiger partial charge in [-0.15, -0.1) is 11.3 Å². The van der Waals surface area contributed by atoms with Crippen molar-refractivity contribution in [3.8, 4) is 0 Å². The van der Waals surface area contributed by atoms with Crippen molar-refractivity contribution in [3.05, 3.63) is 53.7 Å². The Labute approximate surface area is 123 Å². The third kappa shape index (κ3) is 2.05. The van der Waals surface area contributed by atoms with Crippen LogP contribution in [0.15, 0.2) is 52.5 Å². The van der Waals surface area contributed by atoms with E-state index in [2.05, 4.69) is 15.5 Å². The predicted octanol–water partition coefficient (Wildman–Crippen LogP) is 3.69. The van der Waals surface area contributed by atoms with Crippen molar-refractivity contribution in [1.29, 1.82) is 0 Å². The maximum atomic E-state index is 12.3. The zero-order valence-electron chi connectivity index (χ0n) is 10.7. The zero-order valence-corrected chi connectivity index (χ0v) is 11.6. The van der Waals surface area contributed by atoms with Gasteiger partial charge in [-0.3, -0.25) is 4.79 Å². The van der Waals surface area contributed by atoms with E-state index in [1.54, 1.807) is 22.9 Å². The second kappa shape index (κ2) is 4.68. The highest BCUT2D eigenvalue weighted by Crippen LogP contribution is 2.23. The van der Waals surface area contributed by atoms with Crippen LogP contribution in [-0.4, -0.2) is 16.0 Å². The molecule has 0 aliphatic rings. The minimum Gasteiger partial charge on any atom is -0.355 e. The first kappa shape index (κ1) is 12.0. The fraction of sp³-hybridized carbons (Fsp3) is 0. The van der Waals surface area contributed by atoms with Gasteiger partial charge in [0, 0.05) is 5.69 Å². The number of nitrogens with zero attached hydrogens (tertiary/aromatic N) is 2. The Morgan fingerprint density at radius 3 is 3.05 bits per heavy atom. The molecule has 0 saturated carbocycles. The molecule has 102 valence electrons. The quantitative estimate of drug-likeness (QED) is 0.612. The summed E-state index contributed by atoms with van der Waals surface area (Å²) in [6.45, 7) is 0. The normalized spacial score (nSPS) is 11.0. The van der Waals surface area contributed by atoms with Crippen LogP contribution < -0.4 is 5.32 Å². The van der Waals surface area contributed by atoms with Crippen molar-refractivity contribution >= 4 is 44.1 Å². The van der Waals surface area contributed by atoms with Gasteiger partial charge in [-0.05, 0) is 30.3 Å². The van der Waals surface area contributed by atoms with E-state index >= 15 is 0 Å². The lowest BCUT2D eigenvalue weighted by atomic mass is 10.2. The molecule has 0 atom stereocenters. The number of hydrogen-bond acceptors (Lipinski definition) is 5. The Morgan fingerprint density at radius 2 is 2.10 bits per heavy atom. The number of thiazole rings is 1. The number of rotatable bonds is 2. The number of hydrogen-bond donors (Lipinski definition) is 1. The summed E-state index contributed by atoms with van der Waals surface area (Å²) in [5.41, 5.74) is 4.20. The summed E-state index contributed by atoms with van der Waals surface area (Å²) >= 11 is 1.56. The molecule has 0 saturated heterocycles. The van der Waals surface area contributed by atoms with Gasteiger partial charge in [-0.2, -0.15) is 0 Å². The Hall–Kier alpha value is -2.73. The van der Waals surface area contributed by atoms with Crippen LogP contribution in [-0.2, 0) is 0 Å². The van der Waals surface area contributed by atoms with Crippen molar-refractivity contribution in [1.82, 2.24) is 10.1 Å². The molecule has 21 heavy (non-hydrogen) atoms. The van der Waals surface area contributed by atoms with Crippen molar-refractivity contribution in [2.45, 2.75) is 0 Å². The minimum atomic E-state index is -0.297. The van der Waals surface area contributed by atoms with Crippen molar-refractivity contribution < 1.29 is 9.32 Å². The summed E-state index contributed by atoms with van der Waals surface area (Å²) in [5, 5.41) is 7.36. The first-order valence-corrected chi connectivity index (χ1v) is 7.18. The van der Waals surface area contributed by atoms with Gasteiger partial charge in [0.25, 0.3) is 5.91 Å². The number of fused-ring (bicyclic) bond motifs is 2. The van der Waals surface area contributed by atoms with Crippen LogP contribution in [0.5, 0.6) is 0 Å². The third-order valence-electron chi connectivity index (χ3n) is 3.18. The molecule has 0 bridgehead atoms. The van der Waals surface area contributed by atoms with Gasteiger partial charge in [0.15, 0.2) is 11.3 Å². The van der Waals surface area contributed by atoms with E-state index < -0.39 is 0 Å². The van der Waals surface area contributed by atoms with E-state index in [0.717, 1.165) is 10.2 Å². The molecule has 1 N–H and O–H groups in total. The average Bonchev–Trinajstić information content (AvgIpc) is 3.13. The molecule has 4 rings (SSSR count). The number of carbonyl (C=O) groups is 1. The summed E-state index contributed by atoms with van der Waals surface area (Å²) in [7, 11) is 0. The van der Waals surface area contributed by atoms with Crippen LogP contribution >= 0.6 is 11.3 Å². The van der Waals surface area contributed by atoms with Gasteiger partial charge in [0.1, 0.15) is 0 Å². The Kier molecular flexibility index (Phi) is 2.68. The summed E-state index contributed by atoms with van der Waals surface area (Å²) in [6, 6.07) is 12.9. The number of aromatic nitrogens is 2. The monoisotopic (exact) mass is 295 g/mol. The summed E-state index contributed by atoms with van der Waals surface area (Å²) in [4.78, 5) is 16.5. The number of anilines is 1. The molecular formula is C15H9N3O2S. The van der Waals surface area contributed by atoms with Crippen LogP contribution in [0.1, 0.15) is 10.5 Å². The number of amides is 1. The predicted molar refractivity (Wildman–Crippen MR) is 81.6 cm³/mol. The van der Waals surface area contributed by atoms with Crippen molar-refractivity contribution in [2.24, 2.45) is 0 Å². The molecular weight excluding hydrogens is 286 g/mol. The number of carbonyl (C=O) groups excluding carboxylic acids is 1. The Balaban J connectivity index is 1.68. The summed E-state index contributed by atoms with van der Waals surface area (Å²) in [5.74, 6) is -0.297. The van der Waals surface area contributed by atoms with Crippen LogP contribution in [0, 0.1) is 0 Å². The van der Waals surface area contributed by atoms with Gasteiger partial charge >= 0.3 is 0 Å². The molecule has 2 heterocycles. The fourth-order valence-electron chi connectivity index (χ4n) is 2.18. The molecule has 0 radical (unpaired) electrons. The topological polar surface area (TPSA) is 68.0 Å². The van der Waals surface area contributed by atoms with Crippen LogP contribution in [0.25, 0.3) is 21.2 Å². The Morgan fingerprint density at radius 1 is 1.19 bits per heavy atom. The van der Waals surface area contributed by atoms with Crippen LogP contribution in [0.4, 0.5) is 5.69 Å². The van der Waals surface area contributed by atoms with Gasteiger partial charge in [0.05, 0.1) is 21.1 Å². The molecule has 6 heteroatoms. The lowest BCUT2D eigenvalue weighted by Crippen LogP contribution is -2.12. The van der Waals surface area contributed by atoms with Crippen LogP contribution in [0.3, 0.4) is 0 Å². The highest BCUT2D eigenvalue weighted by molar-refractivity contribution is 7.16. The van der Waals surface area contributed by atoms with Crippen molar-refractivity contribution in [3.63, 3.8) is 0 Å². The van der Waals surface area contributed by atoms with Gasteiger partial charge < -0.3 is 9.84 Å². The highest BCUT2D eigenvalue weighted by atomic mass is 32.1. The molecule has 5 nitrogen and oxygen atoms in total. The molecule has 0 aliphatic heterocycles. The lowest BCUT2D eigenvalue weighted by Gasteiger charge is -2.02. The highest BCUT2D eigenvalue weighted by Gasteiger charge is 2.16. The number of benzene rings is 2. The smallest absolute Gasteiger partial charge is 0.278 e. The van der Waals surface area contributed by atoms with Gasteiger partial charge in [0.2, 0.25) is 0 Å².